The largest absolute Gasteiger partial charge is 0.392 e. The molecule has 2 saturated heterocycles. The van der Waals surface area contributed by atoms with Crippen LogP contribution in [-0.4, -0.2) is 42.4 Å². The molecule has 2 N–H and O–H groups in total. The maximum atomic E-state index is 13.1. The normalized spacial score (nSPS) is 27.6. The number of anilines is 1. The van der Waals surface area contributed by atoms with E-state index in [0.717, 1.165) is 61.8 Å². The van der Waals surface area contributed by atoms with Crippen molar-refractivity contribution in [2.24, 2.45) is 5.41 Å². The van der Waals surface area contributed by atoms with E-state index in [-0.39, 0.29) is 17.3 Å². The van der Waals surface area contributed by atoms with Crippen LogP contribution in [0.4, 0.5) is 9.52 Å². The average molecular weight is 347 g/mol. The van der Waals surface area contributed by atoms with Crippen LogP contribution in [-0.2, 0) is 0 Å². The van der Waals surface area contributed by atoms with Crippen LogP contribution in [0, 0.1) is 11.2 Å². The molecule has 0 amide bonds. The number of nitrogens with one attached hydrogen (secondary N) is 1. The van der Waals surface area contributed by atoms with Gasteiger partial charge >= 0.3 is 0 Å². The van der Waals surface area contributed by atoms with Crippen LogP contribution in [0.25, 0.3) is 11.3 Å². The zero-order valence-corrected chi connectivity index (χ0v) is 14.4. The number of benzene rings is 1. The monoisotopic (exact) mass is 347 g/mol. The molecule has 2 fully saturated rings. The zero-order chi connectivity index (χ0) is 16.6. The number of hydrogen-bond acceptors (Lipinski definition) is 5. The topological polar surface area (TPSA) is 48.4 Å². The number of thiazole rings is 1. The molecule has 0 unspecified atom stereocenters. The van der Waals surface area contributed by atoms with Gasteiger partial charge in [-0.1, -0.05) is 0 Å². The highest BCUT2D eigenvalue weighted by Gasteiger charge is 2.43. The highest BCUT2D eigenvalue weighted by molar-refractivity contribution is 7.14. The van der Waals surface area contributed by atoms with Gasteiger partial charge < -0.3 is 15.3 Å². The molecule has 2 aliphatic rings. The molecule has 1 aromatic heterocycles. The minimum Gasteiger partial charge on any atom is -0.392 e. The Morgan fingerprint density at radius 1 is 1.33 bits per heavy atom. The number of halogens is 1. The Bertz CT molecular complexity index is 701. The van der Waals surface area contributed by atoms with Crippen molar-refractivity contribution in [2.45, 2.75) is 25.4 Å². The van der Waals surface area contributed by atoms with Crippen molar-refractivity contribution in [3.8, 4) is 11.3 Å². The van der Waals surface area contributed by atoms with Crippen molar-refractivity contribution in [2.75, 3.05) is 31.1 Å². The number of aliphatic hydroxyl groups excluding tert-OH is 1. The van der Waals surface area contributed by atoms with Crippen LogP contribution >= 0.6 is 11.3 Å². The van der Waals surface area contributed by atoms with Crippen molar-refractivity contribution in [1.29, 1.82) is 0 Å². The Morgan fingerprint density at radius 2 is 2.17 bits per heavy atom. The Hall–Kier alpha value is -1.50. The molecule has 0 bridgehead atoms. The minimum absolute atomic E-state index is 0.0573. The van der Waals surface area contributed by atoms with Gasteiger partial charge in [0.1, 0.15) is 5.82 Å². The standard InChI is InChI=1S/C18H22FN3OS/c19-14-4-2-13(3-5-14)15-10-24-17(21-15)22-9-1-7-18(12-22)11-20-8-6-16(18)23/h2-5,10,16,20,23H,1,6-9,11-12H2/t16-,18-/m0/s1. The fourth-order valence-corrected chi connectivity index (χ4v) is 4.76. The van der Waals surface area contributed by atoms with E-state index in [4.69, 9.17) is 4.98 Å². The van der Waals surface area contributed by atoms with Crippen LogP contribution in [0.2, 0.25) is 0 Å². The number of rotatable bonds is 2. The second-order valence-corrected chi connectivity index (χ2v) is 7.73. The Balaban J connectivity index is 1.54. The highest BCUT2D eigenvalue weighted by atomic mass is 32.1. The summed E-state index contributed by atoms with van der Waals surface area (Å²) in [7, 11) is 0. The van der Waals surface area contributed by atoms with Gasteiger partial charge in [-0.15, -0.1) is 11.3 Å². The summed E-state index contributed by atoms with van der Waals surface area (Å²) in [6.45, 7) is 3.60. The molecule has 4 rings (SSSR count). The van der Waals surface area contributed by atoms with Crippen LogP contribution in [0.1, 0.15) is 19.3 Å². The summed E-state index contributed by atoms with van der Waals surface area (Å²) in [5.74, 6) is -0.231. The molecule has 128 valence electrons. The number of nitrogens with zero attached hydrogens (tertiary/aromatic N) is 2. The number of aromatic nitrogens is 1. The smallest absolute Gasteiger partial charge is 0.185 e. The van der Waals surface area contributed by atoms with E-state index in [1.54, 1.807) is 23.5 Å². The molecular formula is C18H22FN3OS. The molecule has 4 nitrogen and oxygen atoms in total. The molecule has 1 aromatic carbocycles. The molecule has 0 aliphatic carbocycles. The molecule has 24 heavy (non-hydrogen) atoms. The lowest BCUT2D eigenvalue weighted by atomic mass is 9.72. The van der Waals surface area contributed by atoms with E-state index >= 15 is 0 Å². The van der Waals surface area contributed by atoms with Crippen LogP contribution in [0.15, 0.2) is 29.6 Å². The van der Waals surface area contributed by atoms with E-state index in [1.807, 2.05) is 5.38 Å². The minimum atomic E-state index is -0.238. The van der Waals surface area contributed by atoms with Gasteiger partial charge in [-0.3, -0.25) is 0 Å². The van der Waals surface area contributed by atoms with Gasteiger partial charge in [-0.05, 0) is 50.1 Å². The van der Waals surface area contributed by atoms with Crippen molar-refractivity contribution < 1.29 is 9.50 Å². The zero-order valence-electron chi connectivity index (χ0n) is 13.5. The quantitative estimate of drug-likeness (QED) is 0.877. The number of hydrogen-bond donors (Lipinski definition) is 2. The molecular weight excluding hydrogens is 325 g/mol. The van der Waals surface area contributed by atoms with Gasteiger partial charge in [0.05, 0.1) is 11.8 Å². The Labute approximate surface area is 145 Å². The molecule has 2 atom stereocenters. The fourth-order valence-electron chi connectivity index (χ4n) is 3.90. The van der Waals surface area contributed by atoms with E-state index in [1.165, 1.54) is 12.1 Å². The summed E-state index contributed by atoms with van der Waals surface area (Å²) in [6, 6.07) is 6.46. The lowest BCUT2D eigenvalue weighted by molar-refractivity contribution is -0.0100. The van der Waals surface area contributed by atoms with E-state index in [0.29, 0.717) is 0 Å². The third-order valence-electron chi connectivity index (χ3n) is 5.29. The van der Waals surface area contributed by atoms with Gasteiger partial charge in [0.15, 0.2) is 5.13 Å². The highest BCUT2D eigenvalue weighted by Crippen LogP contribution is 2.39. The second kappa shape index (κ2) is 6.43. The first kappa shape index (κ1) is 16.0. The van der Waals surface area contributed by atoms with Crippen molar-refractivity contribution in [3.63, 3.8) is 0 Å². The van der Waals surface area contributed by atoms with Gasteiger partial charge in [-0.2, -0.15) is 0 Å². The number of aliphatic hydroxyl groups is 1. The summed E-state index contributed by atoms with van der Waals surface area (Å²) < 4.78 is 13.1. The molecule has 2 aliphatic heterocycles. The Kier molecular flexibility index (Phi) is 4.28. The summed E-state index contributed by atoms with van der Waals surface area (Å²) in [5, 5.41) is 17.0. The summed E-state index contributed by atoms with van der Waals surface area (Å²) in [4.78, 5) is 7.06. The summed E-state index contributed by atoms with van der Waals surface area (Å²) in [5.41, 5.74) is 1.76. The third kappa shape index (κ3) is 2.94. The van der Waals surface area contributed by atoms with Gasteiger partial charge in [0.25, 0.3) is 0 Å². The molecule has 0 radical (unpaired) electrons. The van der Waals surface area contributed by atoms with Crippen molar-refractivity contribution in [1.82, 2.24) is 10.3 Å². The molecule has 2 aromatic rings. The SMILES string of the molecule is O[C@H]1CCNC[C@]12CCCN(c1nc(-c3ccc(F)cc3)cs1)C2. The molecule has 6 heteroatoms. The van der Waals surface area contributed by atoms with Crippen LogP contribution in [0.5, 0.6) is 0 Å². The first-order valence-corrected chi connectivity index (χ1v) is 9.39. The predicted octanol–water partition coefficient (Wildman–Crippen LogP) is 2.89. The van der Waals surface area contributed by atoms with Gasteiger partial charge in [-0.25, -0.2) is 9.37 Å². The first-order chi connectivity index (χ1) is 11.7. The lowest BCUT2D eigenvalue weighted by Gasteiger charge is -2.48. The second-order valence-electron chi connectivity index (χ2n) is 6.89. The van der Waals surface area contributed by atoms with Crippen molar-refractivity contribution >= 4 is 16.5 Å². The first-order valence-electron chi connectivity index (χ1n) is 8.52. The van der Waals surface area contributed by atoms with E-state index < -0.39 is 0 Å². The van der Waals surface area contributed by atoms with Crippen molar-refractivity contribution in [3.05, 3.63) is 35.5 Å². The molecule has 1 spiro atoms. The third-order valence-corrected chi connectivity index (χ3v) is 6.19. The molecule has 3 heterocycles. The maximum Gasteiger partial charge on any atom is 0.185 e. The van der Waals surface area contributed by atoms with Gasteiger partial charge in [0.2, 0.25) is 0 Å². The van der Waals surface area contributed by atoms with E-state index in [9.17, 15) is 9.50 Å². The molecule has 0 saturated carbocycles. The predicted molar refractivity (Wildman–Crippen MR) is 94.9 cm³/mol. The van der Waals surface area contributed by atoms with Crippen LogP contribution in [0.3, 0.4) is 0 Å². The maximum absolute atomic E-state index is 13.1. The summed E-state index contributed by atoms with van der Waals surface area (Å²) >= 11 is 1.62. The fraction of sp³-hybridized carbons (Fsp3) is 0.500. The van der Waals surface area contributed by atoms with Crippen LogP contribution < -0.4 is 10.2 Å². The Morgan fingerprint density at radius 3 is 2.96 bits per heavy atom. The lowest BCUT2D eigenvalue weighted by Crippen LogP contribution is -2.58. The van der Waals surface area contributed by atoms with Gasteiger partial charge in [0, 0.05) is 36.0 Å². The summed E-state index contributed by atoms with van der Waals surface area (Å²) in [6.07, 6.45) is 2.73. The average Bonchev–Trinajstić information content (AvgIpc) is 3.09. The van der Waals surface area contributed by atoms with E-state index in [2.05, 4.69) is 10.2 Å². The number of piperidine rings is 2.